The lowest BCUT2D eigenvalue weighted by molar-refractivity contribution is -0.115. The molecule has 0 unspecified atom stereocenters. The molecule has 27 heavy (non-hydrogen) atoms. The highest BCUT2D eigenvalue weighted by atomic mass is 32.1. The Kier molecular flexibility index (Phi) is 5.98. The van der Waals surface area contributed by atoms with Crippen LogP contribution in [-0.4, -0.2) is 23.3 Å². The van der Waals surface area contributed by atoms with E-state index in [2.05, 4.69) is 10.3 Å². The number of rotatable bonds is 7. The molecule has 0 aliphatic carbocycles. The summed E-state index contributed by atoms with van der Waals surface area (Å²) in [4.78, 5) is 28.6. The van der Waals surface area contributed by atoms with Gasteiger partial charge in [0, 0.05) is 10.9 Å². The normalized spacial score (nSPS) is 10.4. The number of carbonyl (C=O) groups excluding carboxylic acids is 2. The van der Waals surface area contributed by atoms with E-state index >= 15 is 0 Å². The van der Waals surface area contributed by atoms with Gasteiger partial charge in [0.1, 0.15) is 10.8 Å². The van der Waals surface area contributed by atoms with Gasteiger partial charge in [-0.3, -0.25) is 9.59 Å². The summed E-state index contributed by atoms with van der Waals surface area (Å²) in [7, 11) is 0. The average Bonchev–Trinajstić information content (AvgIpc) is 3.11. The number of ketones is 1. The molecule has 5 nitrogen and oxygen atoms in total. The number of thiazole rings is 1. The summed E-state index contributed by atoms with van der Waals surface area (Å²) in [6.45, 7) is 3.99. The Labute approximate surface area is 162 Å². The van der Waals surface area contributed by atoms with E-state index in [0.29, 0.717) is 23.6 Å². The highest BCUT2D eigenvalue weighted by Gasteiger charge is 2.14. The minimum Gasteiger partial charge on any atom is -0.493 e. The molecule has 0 radical (unpaired) electrons. The number of carbonyl (C=O) groups is 2. The summed E-state index contributed by atoms with van der Waals surface area (Å²) in [5.41, 5.74) is 2.61. The van der Waals surface area contributed by atoms with Gasteiger partial charge in [-0.05, 0) is 38.1 Å². The average molecular weight is 380 g/mol. The van der Waals surface area contributed by atoms with Crippen molar-refractivity contribution in [2.24, 2.45) is 0 Å². The van der Waals surface area contributed by atoms with Crippen molar-refractivity contribution in [2.75, 3.05) is 11.9 Å². The van der Waals surface area contributed by atoms with Crippen molar-refractivity contribution in [2.45, 2.75) is 20.3 Å². The van der Waals surface area contributed by atoms with Crippen LogP contribution < -0.4 is 10.1 Å². The molecule has 1 aromatic heterocycles. The number of ether oxygens (including phenoxy) is 1. The maximum Gasteiger partial charge on any atom is 0.230 e. The van der Waals surface area contributed by atoms with Crippen molar-refractivity contribution < 1.29 is 14.3 Å². The first-order valence-corrected chi connectivity index (χ1v) is 9.53. The van der Waals surface area contributed by atoms with Crippen molar-refractivity contribution in [3.63, 3.8) is 0 Å². The van der Waals surface area contributed by atoms with Gasteiger partial charge >= 0.3 is 0 Å². The van der Waals surface area contributed by atoms with Crippen LogP contribution in [0.3, 0.4) is 0 Å². The molecule has 0 fully saturated rings. The van der Waals surface area contributed by atoms with E-state index in [1.54, 1.807) is 24.3 Å². The summed E-state index contributed by atoms with van der Waals surface area (Å²) in [6.07, 6.45) is 0.138. The lowest BCUT2D eigenvalue weighted by Crippen LogP contribution is -2.16. The molecule has 1 N–H and O–H groups in total. The molecule has 0 aliphatic heterocycles. The fourth-order valence-electron chi connectivity index (χ4n) is 2.69. The Morgan fingerprint density at radius 1 is 1.11 bits per heavy atom. The number of hydrogen-bond acceptors (Lipinski definition) is 5. The van der Waals surface area contributed by atoms with Gasteiger partial charge in [0.15, 0.2) is 5.78 Å². The predicted octanol–water partition coefficient (Wildman–Crippen LogP) is 4.59. The molecule has 2 aromatic carbocycles. The third-order valence-electron chi connectivity index (χ3n) is 3.89. The molecular weight excluding hydrogens is 360 g/mol. The lowest BCUT2D eigenvalue weighted by Gasteiger charge is -2.08. The molecule has 0 atom stereocenters. The molecule has 0 spiro atoms. The van der Waals surface area contributed by atoms with E-state index in [1.165, 1.54) is 18.3 Å². The maximum absolute atomic E-state index is 12.4. The molecule has 3 rings (SSSR count). The number of nitrogens with one attached hydrogen (secondary N) is 1. The Bertz CT molecular complexity index is 965. The van der Waals surface area contributed by atoms with Gasteiger partial charge in [-0.2, -0.15) is 0 Å². The van der Waals surface area contributed by atoms with Crippen molar-refractivity contribution in [1.29, 1.82) is 0 Å². The Hall–Kier alpha value is -2.99. The van der Waals surface area contributed by atoms with Crippen molar-refractivity contribution in [3.8, 4) is 16.3 Å². The SMILES string of the molecule is CCOc1ccccc1-c1nc(CC(=O)Nc2ccccc2C(C)=O)cs1. The van der Waals surface area contributed by atoms with Gasteiger partial charge in [0.05, 0.1) is 30.0 Å². The summed E-state index contributed by atoms with van der Waals surface area (Å²) in [5, 5.41) is 5.48. The zero-order valence-electron chi connectivity index (χ0n) is 15.2. The van der Waals surface area contributed by atoms with Gasteiger partial charge < -0.3 is 10.1 Å². The van der Waals surface area contributed by atoms with E-state index in [-0.39, 0.29) is 18.1 Å². The molecule has 1 heterocycles. The van der Waals surface area contributed by atoms with Crippen LogP contribution in [0.1, 0.15) is 29.9 Å². The molecule has 3 aromatic rings. The maximum atomic E-state index is 12.4. The second kappa shape index (κ2) is 8.60. The Balaban J connectivity index is 1.73. The van der Waals surface area contributed by atoms with Crippen molar-refractivity contribution in [1.82, 2.24) is 4.98 Å². The van der Waals surface area contributed by atoms with Gasteiger partial charge in [-0.1, -0.05) is 24.3 Å². The van der Waals surface area contributed by atoms with Crippen LogP contribution in [0.4, 0.5) is 5.69 Å². The van der Waals surface area contributed by atoms with Crippen molar-refractivity contribution >= 4 is 28.7 Å². The number of nitrogens with zero attached hydrogens (tertiary/aromatic N) is 1. The van der Waals surface area contributed by atoms with Gasteiger partial charge in [-0.15, -0.1) is 11.3 Å². The Morgan fingerprint density at radius 2 is 1.85 bits per heavy atom. The number of Topliss-reactive ketones (excluding diaryl/α,β-unsaturated/α-hetero) is 1. The van der Waals surface area contributed by atoms with E-state index in [0.717, 1.165) is 16.3 Å². The smallest absolute Gasteiger partial charge is 0.230 e. The third-order valence-corrected chi connectivity index (χ3v) is 4.82. The van der Waals surface area contributed by atoms with Gasteiger partial charge in [0.25, 0.3) is 0 Å². The zero-order chi connectivity index (χ0) is 19.2. The van der Waals surface area contributed by atoms with E-state index in [4.69, 9.17) is 4.74 Å². The second-order valence-corrected chi connectivity index (χ2v) is 6.76. The molecule has 138 valence electrons. The topological polar surface area (TPSA) is 68.3 Å². The zero-order valence-corrected chi connectivity index (χ0v) is 16.0. The standard InChI is InChI=1S/C21H20N2O3S/c1-3-26-19-11-7-5-9-17(19)21-22-15(13-27-21)12-20(25)23-18-10-6-4-8-16(18)14(2)24/h4-11,13H,3,12H2,1-2H3,(H,23,25). The van der Waals surface area contributed by atoms with Crippen molar-refractivity contribution in [3.05, 3.63) is 65.2 Å². The second-order valence-electron chi connectivity index (χ2n) is 5.90. The number of para-hydroxylation sites is 2. The first-order chi connectivity index (χ1) is 13.1. The number of amides is 1. The molecule has 0 bridgehead atoms. The number of anilines is 1. The molecular formula is C21H20N2O3S. The number of hydrogen-bond donors (Lipinski definition) is 1. The fourth-order valence-corrected chi connectivity index (χ4v) is 3.54. The molecule has 0 aliphatic rings. The number of benzene rings is 2. The van der Waals surface area contributed by atoms with E-state index in [1.807, 2.05) is 36.6 Å². The number of aromatic nitrogens is 1. The van der Waals surface area contributed by atoms with Crippen LogP contribution in [0.2, 0.25) is 0 Å². The summed E-state index contributed by atoms with van der Waals surface area (Å²) in [6, 6.07) is 14.7. The summed E-state index contributed by atoms with van der Waals surface area (Å²) >= 11 is 1.47. The molecule has 0 saturated heterocycles. The van der Waals surface area contributed by atoms with Gasteiger partial charge in [-0.25, -0.2) is 4.98 Å². The summed E-state index contributed by atoms with van der Waals surface area (Å²) in [5.74, 6) is 0.480. The first-order valence-electron chi connectivity index (χ1n) is 8.65. The highest BCUT2D eigenvalue weighted by Crippen LogP contribution is 2.32. The monoisotopic (exact) mass is 380 g/mol. The van der Waals surface area contributed by atoms with Gasteiger partial charge in [0.2, 0.25) is 5.91 Å². The highest BCUT2D eigenvalue weighted by molar-refractivity contribution is 7.13. The fraction of sp³-hybridized carbons (Fsp3) is 0.190. The van der Waals surface area contributed by atoms with Crippen LogP contribution in [-0.2, 0) is 11.2 Å². The quantitative estimate of drug-likeness (QED) is 0.609. The van der Waals surface area contributed by atoms with Crippen LogP contribution in [0, 0.1) is 0 Å². The molecule has 0 saturated carbocycles. The lowest BCUT2D eigenvalue weighted by atomic mass is 10.1. The van der Waals surface area contributed by atoms with Crippen LogP contribution >= 0.6 is 11.3 Å². The van der Waals surface area contributed by atoms with Crippen LogP contribution in [0.25, 0.3) is 10.6 Å². The van der Waals surface area contributed by atoms with Crippen LogP contribution in [0.5, 0.6) is 5.75 Å². The predicted molar refractivity (Wildman–Crippen MR) is 107 cm³/mol. The minimum absolute atomic E-state index is 0.0885. The summed E-state index contributed by atoms with van der Waals surface area (Å²) < 4.78 is 5.65. The van der Waals surface area contributed by atoms with E-state index < -0.39 is 0 Å². The van der Waals surface area contributed by atoms with E-state index in [9.17, 15) is 9.59 Å². The minimum atomic E-state index is -0.210. The molecule has 6 heteroatoms. The van der Waals surface area contributed by atoms with Crippen LogP contribution in [0.15, 0.2) is 53.9 Å². The first kappa shape index (κ1) is 18.8. The third kappa shape index (κ3) is 4.60. The molecule has 1 amide bonds. The largest absolute Gasteiger partial charge is 0.493 e. The Morgan fingerprint density at radius 3 is 2.63 bits per heavy atom.